The zero-order chi connectivity index (χ0) is 25.4. The predicted octanol–water partition coefficient (Wildman–Crippen LogP) is 6.01. The molecule has 5 heteroatoms. The molecule has 36 heavy (non-hydrogen) atoms. The molecule has 5 rings (SSSR count). The molecule has 0 atom stereocenters. The molecule has 3 aliphatic rings. The zero-order valence-electron chi connectivity index (χ0n) is 21.0. The van der Waals surface area contributed by atoms with Gasteiger partial charge in [-0.3, -0.25) is 14.4 Å². The normalized spacial score (nSPS) is 20.1. The largest absolute Gasteiger partial charge is 0.339 e. The standard InChI is InChI=1S/C31H32FNO3/c1-20-16-24(22-8-10-25(32)11-9-22)17-21(2)28(20)29-26(34)18-31(19-27(29)35)12-14-33(15-13-31)30(36)23-6-4-3-5-7-23/h3-4,6,8-11,16-17,29H,5,7,12-15,18-19H2,1-2H3. The summed E-state index contributed by atoms with van der Waals surface area (Å²) in [5.41, 5.74) is 4.99. The van der Waals surface area contributed by atoms with Crippen LogP contribution in [0.15, 0.2) is 60.2 Å². The van der Waals surface area contributed by atoms with E-state index in [0.29, 0.717) is 38.8 Å². The zero-order valence-corrected chi connectivity index (χ0v) is 21.0. The number of carbonyl (C=O) groups is 3. The van der Waals surface area contributed by atoms with Crippen molar-refractivity contribution in [1.29, 1.82) is 0 Å². The monoisotopic (exact) mass is 485 g/mol. The van der Waals surface area contributed by atoms with Gasteiger partial charge in [0.25, 0.3) is 0 Å². The van der Waals surface area contributed by atoms with Crippen molar-refractivity contribution in [2.45, 2.75) is 58.3 Å². The van der Waals surface area contributed by atoms with E-state index in [0.717, 1.165) is 46.2 Å². The number of aryl methyl sites for hydroxylation is 2. The van der Waals surface area contributed by atoms with E-state index < -0.39 is 5.92 Å². The highest BCUT2D eigenvalue weighted by molar-refractivity contribution is 6.10. The molecular weight excluding hydrogens is 453 g/mol. The van der Waals surface area contributed by atoms with E-state index in [1.165, 1.54) is 12.1 Å². The average molecular weight is 486 g/mol. The highest BCUT2D eigenvalue weighted by Gasteiger charge is 2.48. The van der Waals surface area contributed by atoms with E-state index in [1.807, 2.05) is 43.0 Å². The van der Waals surface area contributed by atoms with Gasteiger partial charge in [0.1, 0.15) is 23.3 Å². The van der Waals surface area contributed by atoms with Crippen molar-refractivity contribution in [3.05, 3.63) is 82.7 Å². The Labute approximate surface area is 211 Å². The second-order valence-corrected chi connectivity index (χ2v) is 10.7. The molecule has 1 amide bonds. The second-order valence-electron chi connectivity index (χ2n) is 10.7. The van der Waals surface area contributed by atoms with Gasteiger partial charge in [0.2, 0.25) is 5.91 Å². The van der Waals surface area contributed by atoms with Crippen LogP contribution in [0.4, 0.5) is 4.39 Å². The Morgan fingerprint density at radius 3 is 2.11 bits per heavy atom. The van der Waals surface area contributed by atoms with Crippen LogP contribution in [0, 0.1) is 25.1 Å². The minimum absolute atomic E-state index is 0.00751. The third-order valence-electron chi connectivity index (χ3n) is 8.20. The fourth-order valence-electron chi connectivity index (χ4n) is 6.27. The first kappa shape index (κ1) is 24.4. The van der Waals surface area contributed by atoms with Gasteiger partial charge in [0.05, 0.1) is 0 Å². The van der Waals surface area contributed by atoms with Crippen molar-refractivity contribution in [3.63, 3.8) is 0 Å². The number of hydrogen-bond donors (Lipinski definition) is 0. The van der Waals surface area contributed by atoms with Gasteiger partial charge < -0.3 is 4.90 Å². The topological polar surface area (TPSA) is 54.5 Å². The lowest BCUT2D eigenvalue weighted by molar-refractivity contribution is -0.139. The predicted molar refractivity (Wildman–Crippen MR) is 138 cm³/mol. The molecule has 1 spiro atoms. The average Bonchev–Trinajstić information content (AvgIpc) is 2.86. The Balaban J connectivity index is 1.31. The maximum atomic E-state index is 13.5. The maximum Gasteiger partial charge on any atom is 0.249 e. The number of piperidine rings is 1. The number of allylic oxidation sites excluding steroid dienone is 3. The SMILES string of the molecule is Cc1cc(-c2ccc(F)cc2)cc(C)c1C1C(=O)CC2(CCN(C(=O)C3=CC=CCC3)CC2)CC1=O. The first-order valence-electron chi connectivity index (χ1n) is 12.8. The summed E-state index contributed by atoms with van der Waals surface area (Å²) < 4.78 is 13.4. The molecule has 186 valence electrons. The summed E-state index contributed by atoms with van der Waals surface area (Å²) in [4.78, 5) is 41.7. The maximum absolute atomic E-state index is 13.5. The lowest BCUT2D eigenvalue weighted by Crippen LogP contribution is -2.48. The second kappa shape index (κ2) is 9.61. The Morgan fingerprint density at radius 1 is 0.944 bits per heavy atom. The molecule has 1 saturated heterocycles. The lowest BCUT2D eigenvalue weighted by atomic mass is 9.62. The fourth-order valence-corrected chi connectivity index (χ4v) is 6.27. The van der Waals surface area contributed by atoms with Crippen LogP contribution in [-0.2, 0) is 14.4 Å². The molecule has 2 fully saturated rings. The van der Waals surface area contributed by atoms with Crippen molar-refractivity contribution in [2.24, 2.45) is 5.41 Å². The summed E-state index contributed by atoms with van der Waals surface area (Å²) in [5.74, 6) is -0.932. The van der Waals surface area contributed by atoms with Crippen LogP contribution >= 0.6 is 0 Å². The van der Waals surface area contributed by atoms with Crippen LogP contribution in [-0.4, -0.2) is 35.5 Å². The molecule has 2 aromatic carbocycles. The molecule has 0 unspecified atom stereocenters. The molecular formula is C31H32FNO3. The van der Waals surface area contributed by atoms with E-state index in [9.17, 15) is 18.8 Å². The van der Waals surface area contributed by atoms with Gasteiger partial charge in [-0.05, 0) is 84.9 Å². The van der Waals surface area contributed by atoms with E-state index in [1.54, 1.807) is 12.1 Å². The number of halogens is 1. The number of ketones is 2. The number of Topliss-reactive ketones (excluding diaryl/α,β-unsaturated/α-hetero) is 2. The Morgan fingerprint density at radius 2 is 1.56 bits per heavy atom. The van der Waals surface area contributed by atoms with Gasteiger partial charge in [-0.25, -0.2) is 4.39 Å². The molecule has 0 radical (unpaired) electrons. The van der Waals surface area contributed by atoms with E-state index in [-0.39, 0.29) is 28.7 Å². The highest BCUT2D eigenvalue weighted by Crippen LogP contribution is 2.47. The summed E-state index contributed by atoms with van der Waals surface area (Å²) in [6.45, 7) is 5.07. The van der Waals surface area contributed by atoms with Gasteiger partial charge in [0, 0.05) is 31.5 Å². The van der Waals surface area contributed by atoms with Crippen LogP contribution in [0.2, 0.25) is 0 Å². The van der Waals surface area contributed by atoms with Crippen molar-refractivity contribution >= 4 is 17.5 Å². The summed E-state index contributed by atoms with van der Waals surface area (Å²) in [6.07, 6.45) is 9.72. The number of amides is 1. The summed E-state index contributed by atoms with van der Waals surface area (Å²) in [5, 5.41) is 0. The first-order valence-corrected chi connectivity index (χ1v) is 12.8. The first-order chi connectivity index (χ1) is 17.3. The van der Waals surface area contributed by atoms with Gasteiger partial charge in [-0.15, -0.1) is 0 Å². The van der Waals surface area contributed by atoms with Crippen LogP contribution in [0.5, 0.6) is 0 Å². The molecule has 2 aromatic rings. The minimum atomic E-state index is -0.725. The van der Waals surface area contributed by atoms with Crippen LogP contribution in [0.1, 0.15) is 61.1 Å². The number of rotatable bonds is 3. The number of hydrogen-bond acceptors (Lipinski definition) is 3. The van der Waals surface area contributed by atoms with E-state index >= 15 is 0 Å². The lowest BCUT2D eigenvalue weighted by Gasteiger charge is -2.45. The molecule has 1 aliphatic heterocycles. The van der Waals surface area contributed by atoms with Gasteiger partial charge in [-0.1, -0.05) is 42.5 Å². The molecule has 1 saturated carbocycles. The summed E-state index contributed by atoms with van der Waals surface area (Å²) in [6, 6.07) is 10.3. The third-order valence-corrected chi connectivity index (χ3v) is 8.20. The van der Waals surface area contributed by atoms with E-state index in [4.69, 9.17) is 0 Å². The molecule has 4 nitrogen and oxygen atoms in total. The van der Waals surface area contributed by atoms with Gasteiger partial charge in [-0.2, -0.15) is 0 Å². The summed E-state index contributed by atoms with van der Waals surface area (Å²) >= 11 is 0. The van der Waals surface area contributed by atoms with Gasteiger partial charge in [0.15, 0.2) is 0 Å². The van der Waals surface area contributed by atoms with E-state index in [2.05, 4.69) is 6.08 Å². The van der Waals surface area contributed by atoms with Crippen molar-refractivity contribution in [1.82, 2.24) is 4.90 Å². The summed E-state index contributed by atoms with van der Waals surface area (Å²) in [7, 11) is 0. The molecule has 2 aliphatic carbocycles. The Kier molecular flexibility index (Phi) is 6.50. The molecule has 1 heterocycles. The van der Waals surface area contributed by atoms with Crippen molar-refractivity contribution < 1.29 is 18.8 Å². The van der Waals surface area contributed by atoms with Crippen LogP contribution in [0.25, 0.3) is 11.1 Å². The van der Waals surface area contributed by atoms with Crippen molar-refractivity contribution in [3.8, 4) is 11.1 Å². The van der Waals surface area contributed by atoms with Crippen LogP contribution in [0.3, 0.4) is 0 Å². The van der Waals surface area contributed by atoms with Crippen LogP contribution < -0.4 is 0 Å². The Bertz CT molecular complexity index is 1240. The number of benzene rings is 2. The molecule has 0 aromatic heterocycles. The van der Waals surface area contributed by atoms with Crippen molar-refractivity contribution in [2.75, 3.05) is 13.1 Å². The molecule has 0 bridgehead atoms. The Hall–Kier alpha value is -3.34. The number of likely N-dealkylation sites (tertiary alicyclic amines) is 1. The third kappa shape index (κ3) is 4.59. The number of carbonyl (C=O) groups excluding carboxylic acids is 3. The van der Waals surface area contributed by atoms with Gasteiger partial charge >= 0.3 is 0 Å². The number of nitrogens with zero attached hydrogens (tertiary/aromatic N) is 1. The minimum Gasteiger partial charge on any atom is -0.339 e. The fraction of sp³-hybridized carbons (Fsp3) is 0.387. The highest BCUT2D eigenvalue weighted by atomic mass is 19.1. The molecule has 0 N–H and O–H groups in total. The quantitative estimate of drug-likeness (QED) is 0.500. The smallest absolute Gasteiger partial charge is 0.249 e.